The first-order valence-electron chi connectivity index (χ1n) is 9.10. The molecular weight excluding hydrogens is 362 g/mol. The molecule has 3 aromatic heterocycles. The van der Waals surface area contributed by atoms with E-state index in [0.29, 0.717) is 18.8 Å². The summed E-state index contributed by atoms with van der Waals surface area (Å²) < 4.78 is 1.87. The van der Waals surface area contributed by atoms with Gasteiger partial charge in [0.05, 0.1) is 5.92 Å². The number of hydrogen-bond acceptors (Lipinski definition) is 5. The summed E-state index contributed by atoms with van der Waals surface area (Å²) in [4.78, 5) is 36.9. The predicted octanol–water partition coefficient (Wildman–Crippen LogP) is 1.96. The highest BCUT2D eigenvalue weighted by atomic mass is 32.1. The molecule has 0 spiro atoms. The Kier molecular flexibility index (Phi) is 3.93. The van der Waals surface area contributed by atoms with Crippen molar-refractivity contribution in [2.45, 2.75) is 25.4 Å². The zero-order valence-corrected chi connectivity index (χ0v) is 15.4. The van der Waals surface area contributed by atoms with Gasteiger partial charge >= 0.3 is 0 Å². The third-order valence-corrected chi connectivity index (χ3v) is 6.42. The summed E-state index contributed by atoms with van der Waals surface area (Å²) in [5.41, 5.74) is 1.44. The summed E-state index contributed by atoms with van der Waals surface area (Å²) in [5, 5.41) is 4.96. The number of carbonyl (C=O) groups is 2. The quantitative estimate of drug-likeness (QED) is 0.749. The summed E-state index contributed by atoms with van der Waals surface area (Å²) in [7, 11) is 0. The lowest BCUT2D eigenvalue weighted by molar-refractivity contribution is -0.126. The summed E-state index contributed by atoms with van der Waals surface area (Å²) in [5.74, 6) is 0.0709. The molecule has 7 nitrogen and oxygen atoms in total. The third kappa shape index (κ3) is 2.80. The number of amides is 2. The van der Waals surface area contributed by atoms with Crippen LogP contribution in [0.3, 0.4) is 0 Å². The number of imidazole rings is 1. The molecule has 0 unspecified atom stereocenters. The van der Waals surface area contributed by atoms with Crippen molar-refractivity contribution in [2.75, 3.05) is 6.54 Å². The minimum absolute atomic E-state index is 0.0314. The van der Waals surface area contributed by atoms with Crippen molar-refractivity contribution < 1.29 is 9.59 Å². The molecule has 3 aromatic rings. The van der Waals surface area contributed by atoms with Crippen LogP contribution < -0.4 is 5.32 Å². The molecule has 1 aliphatic carbocycles. The van der Waals surface area contributed by atoms with Gasteiger partial charge in [0, 0.05) is 49.3 Å². The van der Waals surface area contributed by atoms with Gasteiger partial charge in [0.15, 0.2) is 4.96 Å². The van der Waals surface area contributed by atoms with Crippen molar-refractivity contribution in [2.24, 2.45) is 11.8 Å². The minimum atomic E-state index is -0.130. The smallest absolute Gasteiger partial charge is 0.274 e. The third-order valence-electron chi connectivity index (χ3n) is 5.65. The van der Waals surface area contributed by atoms with Crippen molar-refractivity contribution >= 4 is 28.1 Å². The van der Waals surface area contributed by atoms with Crippen molar-refractivity contribution in [3.63, 3.8) is 0 Å². The predicted molar refractivity (Wildman–Crippen MR) is 100 cm³/mol. The van der Waals surface area contributed by atoms with Crippen LogP contribution >= 0.6 is 11.3 Å². The first-order valence-corrected chi connectivity index (χ1v) is 9.98. The first kappa shape index (κ1) is 16.4. The molecule has 3 atom stereocenters. The minimum Gasteiger partial charge on any atom is -0.352 e. The van der Waals surface area contributed by atoms with Crippen LogP contribution in [0.25, 0.3) is 4.96 Å². The van der Waals surface area contributed by atoms with Gasteiger partial charge in [0.2, 0.25) is 5.91 Å². The molecule has 2 aliphatic rings. The number of nitrogens with one attached hydrogen (secondary N) is 1. The highest BCUT2D eigenvalue weighted by Crippen LogP contribution is 2.43. The van der Waals surface area contributed by atoms with E-state index in [9.17, 15) is 9.59 Å². The van der Waals surface area contributed by atoms with Gasteiger partial charge in [-0.05, 0) is 30.4 Å². The van der Waals surface area contributed by atoms with Crippen molar-refractivity contribution in [1.29, 1.82) is 0 Å². The molecule has 1 saturated carbocycles. The van der Waals surface area contributed by atoms with Crippen molar-refractivity contribution in [3.8, 4) is 0 Å². The molecule has 2 fully saturated rings. The van der Waals surface area contributed by atoms with E-state index in [2.05, 4.69) is 15.3 Å². The largest absolute Gasteiger partial charge is 0.352 e. The molecule has 0 radical (unpaired) electrons. The molecule has 0 aromatic carbocycles. The van der Waals surface area contributed by atoms with Crippen LogP contribution in [-0.2, 0) is 11.3 Å². The van der Waals surface area contributed by atoms with Gasteiger partial charge in [0.1, 0.15) is 5.69 Å². The Hall–Kier alpha value is -2.74. The van der Waals surface area contributed by atoms with Crippen LogP contribution in [0.5, 0.6) is 0 Å². The summed E-state index contributed by atoms with van der Waals surface area (Å²) in [6.07, 6.45) is 9.02. The molecule has 27 heavy (non-hydrogen) atoms. The lowest BCUT2D eigenvalue weighted by Gasteiger charge is -2.26. The zero-order valence-electron chi connectivity index (χ0n) is 14.6. The second-order valence-corrected chi connectivity index (χ2v) is 8.06. The van der Waals surface area contributed by atoms with E-state index in [1.165, 1.54) is 11.3 Å². The summed E-state index contributed by atoms with van der Waals surface area (Å²) in [6.45, 7) is 1.10. The van der Waals surface area contributed by atoms with E-state index in [1.54, 1.807) is 18.6 Å². The number of nitrogens with zero attached hydrogens (tertiary/aromatic N) is 4. The standard InChI is InChI=1S/C19H19N5O2S/c25-17(21-9-12-2-1-5-20-8-12)16-13-3-4-15(16)24(10-13)18(26)14-11-23-6-7-27-19(23)22-14/h1-2,5-8,11,13,15-16H,3-4,9-10H2,(H,21,25)/t13-,15-,16+/m0/s1. The fourth-order valence-corrected chi connectivity index (χ4v) is 5.11. The lowest BCUT2D eigenvalue weighted by Crippen LogP contribution is -2.41. The molecule has 5 rings (SSSR count). The Morgan fingerprint density at radius 2 is 2.26 bits per heavy atom. The topological polar surface area (TPSA) is 79.6 Å². The number of hydrogen-bond donors (Lipinski definition) is 1. The first-order chi connectivity index (χ1) is 13.2. The summed E-state index contributed by atoms with van der Waals surface area (Å²) in [6, 6.07) is 3.77. The second-order valence-electron chi connectivity index (χ2n) is 7.19. The Labute approximate surface area is 160 Å². The van der Waals surface area contributed by atoms with Gasteiger partial charge in [-0.3, -0.25) is 19.0 Å². The van der Waals surface area contributed by atoms with E-state index < -0.39 is 0 Å². The number of likely N-dealkylation sites (tertiary alicyclic amines) is 1. The van der Waals surface area contributed by atoms with Crippen LogP contribution in [-0.4, -0.2) is 43.7 Å². The highest BCUT2D eigenvalue weighted by Gasteiger charge is 2.52. The van der Waals surface area contributed by atoms with Crippen molar-refractivity contribution in [3.05, 3.63) is 53.6 Å². The van der Waals surface area contributed by atoms with E-state index in [1.807, 2.05) is 33.0 Å². The number of pyridine rings is 1. The van der Waals surface area contributed by atoms with Crippen LogP contribution in [0.15, 0.2) is 42.3 Å². The second kappa shape index (κ2) is 6.45. The molecule has 2 bridgehead atoms. The van der Waals surface area contributed by atoms with E-state index in [0.717, 1.165) is 23.4 Å². The maximum absolute atomic E-state index is 13.0. The van der Waals surface area contributed by atoms with Gasteiger partial charge in [-0.2, -0.15) is 0 Å². The van der Waals surface area contributed by atoms with E-state index in [-0.39, 0.29) is 29.7 Å². The van der Waals surface area contributed by atoms with Gasteiger partial charge < -0.3 is 10.2 Å². The van der Waals surface area contributed by atoms with Crippen LogP contribution in [0.4, 0.5) is 0 Å². The highest BCUT2D eigenvalue weighted by molar-refractivity contribution is 7.15. The Balaban J connectivity index is 1.29. The van der Waals surface area contributed by atoms with Gasteiger partial charge in [-0.15, -0.1) is 11.3 Å². The average Bonchev–Trinajstić information content (AvgIpc) is 3.45. The maximum Gasteiger partial charge on any atom is 0.274 e. The molecule has 4 heterocycles. The van der Waals surface area contributed by atoms with Crippen LogP contribution in [0, 0.1) is 11.8 Å². The molecule has 1 aliphatic heterocycles. The normalized spacial score (nSPS) is 23.9. The number of aromatic nitrogens is 3. The maximum atomic E-state index is 13.0. The Morgan fingerprint density at radius 1 is 1.33 bits per heavy atom. The fourth-order valence-electron chi connectivity index (χ4n) is 4.41. The molecule has 8 heteroatoms. The lowest BCUT2D eigenvalue weighted by atomic mass is 9.97. The Bertz CT molecular complexity index is 969. The Morgan fingerprint density at radius 3 is 3.07 bits per heavy atom. The number of thiazole rings is 1. The SMILES string of the molecule is O=C(NCc1cccnc1)[C@@H]1[C@H]2CC[C@@H]1N(C(=O)c1cn3ccsc3n1)C2. The van der Waals surface area contributed by atoms with Crippen LogP contribution in [0.1, 0.15) is 28.9 Å². The van der Waals surface area contributed by atoms with E-state index >= 15 is 0 Å². The average molecular weight is 381 g/mol. The number of fused-ring (bicyclic) bond motifs is 3. The zero-order chi connectivity index (χ0) is 18.4. The van der Waals surface area contributed by atoms with Gasteiger partial charge in [-0.1, -0.05) is 6.07 Å². The molecule has 138 valence electrons. The summed E-state index contributed by atoms with van der Waals surface area (Å²) >= 11 is 1.51. The van der Waals surface area contributed by atoms with Gasteiger partial charge in [-0.25, -0.2) is 4.98 Å². The molecular formula is C19H19N5O2S. The molecule has 1 N–H and O–H groups in total. The van der Waals surface area contributed by atoms with Crippen molar-refractivity contribution in [1.82, 2.24) is 24.6 Å². The number of rotatable bonds is 4. The molecule has 1 saturated heterocycles. The monoisotopic (exact) mass is 381 g/mol. The number of piperidine rings is 1. The van der Waals surface area contributed by atoms with E-state index in [4.69, 9.17) is 0 Å². The van der Waals surface area contributed by atoms with Crippen LogP contribution in [0.2, 0.25) is 0 Å². The van der Waals surface area contributed by atoms with Gasteiger partial charge in [0.25, 0.3) is 5.91 Å². The number of carbonyl (C=O) groups excluding carboxylic acids is 2. The molecule has 2 amide bonds. The fraction of sp³-hybridized carbons (Fsp3) is 0.368.